The number of hydrogen-bond acceptors (Lipinski definition) is 3. The van der Waals surface area contributed by atoms with Gasteiger partial charge in [0.2, 0.25) is 0 Å². The molecule has 0 aliphatic carbocycles. The summed E-state index contributed by atoms with van der Waals surface area (Å²) >= 11 is 0. The molecule has 0 saturated carbocycles. The summed E-state index contributed by atoms with van der Waals surface area (Å²) in [4.78, 5) is 0. The SMILES string of the molecule is CC(CO)(c1ccccc1)C(O)O. The maximum atomic E-state index is 9.12. The maximum absolute atomic E-state index is 9.12. The molecule has 0 saturated heterocycles. The number of aliphatic hydroxyl groups excluding tert-OH is 2. The molecule has 0 heterocycles. The second-order valence-electron chi connectivity index (χ2n) is 3.32. The highest BCUT2D eigenvalue weighted by Gasteiger charge is 2.32. The summed E-state index contributed by atoms with van der Waals surface area (Å²) < 4.78 is 0. The smallest absolute Gasteiger partial charge is 0.163 e. The Bertz CT molecular complexity index is 258. The summed E-state index contributed by atoms with van der Waals surface area (Å²) in [7, 11) is 0. The van der Waals surface area contributed by atoms with Gasteiger partial charge in [0.05, 0.1) is 12.0 Å². The molecule has 1 unspecified atom stereocenters. The molecule has 1 aromatic carbocycles. The molecule has 0 radical (unpaired) electrons. The Morgan fingerprint density at radius 1 is 1.23 bits per heavy atom. The van der Waals surface area contributed by atoms with Gasteiger partial charge in [-0.05, 0) is 12.5 Å². The molecule has 1 rings (SSSR count). The summed E-state index contributed by atoms with van der Waals surface area (Å²) in [6, 6.07) is 8.95. The average molecular weight is 182 g/mol. The van der Waals surface area contributed by atoms with Gasteiger partial charge < -0.3 is 15.3 Å². The van der Waals surface area contributed by atoms with Gasteiger partial charge in [0.25, 0.3) is 0 Å². The van der Waals surface area contributed by atoms with Gasteiger partial charge in [0, 0.05) is 0 Å². The van der Waals surface area contributed by atoms with Gasteiger partial charge in [-0.2, -0.15) is 0 Å². The van der Waals surface area contributed by atoms with E-state index in [4.69, 9.17) is 15.3 Å². The predicted octanol–water partition coefficient (Wildman–Crippen LogP) is 0.247. The molecule has 0 amide bonds. The molecule has 0 aromatic heterocycles. The van der Waals surface area contributed by atoms with Crippen molar-refractivity contribution in [2.75, 3.05) is 6.61 Å². The van der Waals surface area contributed by atoms with Crippen LogP contribution in [-0.4, -0.2) is 28.2 Å². The van der Waals surface area contributed by atoms with Crippen molar-refractivity contribution < 1.29 is 15.3 Å². The van der Waals surface area contributed by atoms with Gasteiger partial charge in [0.15, 0.2) is 6.29 Å². The Balaban J connectivity index is 3.03. The third kappa shape index (κ3) is 1.88. The second kappa shape index (κ2) is 3.87. The van der Waals surface area contributed by atoms with Crippen LogP contribution in [0.1, 0.15) is 12.5 Å². The summed E-state index contributed by atoms with van der Waals surface area (Å²) in [6.07, 6.45) is -1.56. The molecule has 1 atom stereocenters. The van der Waals surface area contributed by atoms with Crippen molar-refractivity contribution in [1.29, 1.82) is 0 Å². The molecule has 0 bridgehead atoms. The van der Waals surface area contributed by atoms with Gasteiger partial charge in [-0.1, -0.05) is 30.3 Å². The van der Waals surface area contributed by atoms with Gasteiger partial charge in [-0.15, -0.1) is 0 Å². The Labute approximate surface area is 77.3 Å². The lowest BCUT2D eigenvalue weighted by Crippen LogP contribution is -2.39. The lowest BCUT2D eigenvalue weighted by atomic mass is 9.83. The molecule has 72 valence electrons. The quantitative estimate of drug-likeness (QED) is 0.587. The van der Waals surface area contributed by atoms with Gasteiger partial charge >= 0.3 is 0 Å². The largest absolute Gasteiger partial charge is 0.395 e. The molecular weight excluding hydrogens is 168 g/mol. The molecular formula is C10H14O3. The predicted molar refractivity (Wildman–Crippen MR) is 49.1 cm³/mol. The van der Waals surface area contributed by atoms with Gasteiger partial charge in [0.1, 0.15) is 0 Å². The first-order chi connectivity index (χ1) is 6.11. The molecule has 3 nitrogen and oxygen atoms in total. The van der Waals surface area contributed by atoms with Crippen molar-refractivity contribution in [2.45, 2.75) is 18.6 Å². The van der Waals surface area contributed by atoms with E-state index in [-0.39, 0.29) is 6.61 Å². The van der Waals surface area contributed by atoms with Crippen molar-refractivity contribution >= 4 is 0 Å². The lowest BCUT2D eigenvalue weighted by Gasteiger charge is -2.29. The Hall–Kier alpha value is -0.900. The van der Waals surface area contributed by atoms with Crippen molar-refractivity contribution in [1.82, 2.24) is 0 Å². The summed E-state index contributed by atoms with van der Waals surface area (Å²) in [5, 5.41) is 27.3. The zero-order chi connectivity index (χ0) is 9.90. The van der Waals surface area contributed by atoms with Crippen LogP contribution >= 0.6 is 0 Å². The van der Waals surface area contributed by atoms with E-state index in [9.17, 15) is 0 Å². The van der Waals surface area contributed by atoms with Crippen LogP contribution in [0.3, 0.4) is 0 Å². The van der Waals surface area contributed by atoms with E-state index in [1.54, 1.807) is 31.2 Å². The minimum atomic E-state index is -1.56. The van der Waals surface area contributed by atoms with Crippen LogP contribution in [0, 0.1) is 0 Å². The van der Waals surface area contributed by atoms with E-state index in [1.807, 2.05) is 6.07 Å². The van der Waals surface area contributed by atoms with Gasteiger partial charge in [-0.3, -0.25) is 0 Å². The zero-order valence-electron chi connectivity index (χ0n) is 7.51. The van der Waals surface area contributed by atoms with Crippen molar-refractivity contribution in [3.05, 3.63) is 35.9 Å². The van der Waals surface area contributed by atoms with E-state index < -0.39 is 11.7 Å². The minimum absolute atomic E-state index is 0.297. The molecule has 13 heavy (non-hydrogen) atoms. The Morgan fingerprint density at radius 3 is 2.15 bits per heavy atom. The highest BCUT2D eigenvalue weighted by molar-refractivity contribution is 5.25. The standard InChI is InChI=1S/C10H14O3/c1-10(7-11,9(12)13)8-5-3-2-4-6-8/h2-6,9,11-13H,7H2,1H3. The van der Waals surface area contributed by atoms with Crippen LogP contribution in [0.2, 0.25) is 0 Å². The molecule has 0 aliphatic rings. The highest BCUT2D eigenvalue weighted by atomic mass is 16.5. The number of rotatable bonds is 3. The normalized spacial score (nSPS) is 15.8. The number of aliphatic hydroxyl groups is 3. The summed E-state index contributed by atoms with van der Waals surface area (Å²) in [5.74, 6) is 0. The first-order valence-electron chi connectivity index (χ1n) is 4.14. The van der Waals surface area contributed by atoms with E-state index in [0.29, 0.717) is 5.56 Å². The average Bonchev–Trinajstić information content (AvgIpc) is 2.17. The van der Waals surface area contributed by atoms with Crippen LogP contribution in [0.4, 0.5) is 0 Å². The first kappa shape index (κ1) is 10.2. The third-order valence-electron chi connectivity index (χ3n) is 2.33. The first-order valence-corrected chi connectivity index (χ1v) is 4.14. The maximum Gasteiger partial charge on any atom is 0.163 e. The zero-order valence-corrected chi connectivity index (χ0v) is 7.51. The fourth-order valence-corrected chi connectivity index (χ4v) is 1.14. The van der Waals surface area contributed by atoms with E-state index in [0.717, 1.165) is 0 Å². The van der Waals surface area contributed by atoms with E-state index in [2.05, 4.69) is 0 Å². The fraction of sp³-hybridized carbons (Fsp3) is 0.400. The van der Waals surface area contributed by atoms with E-state index in [1.165, 1.54) is 0 Å². The van der Waals surface area contributed by atoms with Crippen LogP contribution < -0.4 is 0 Å². The number of benzene rings is 1. The minimum Gasteiger partial charge on any atom is -0.395 e. The molecule has 3 heteroatoms. The summed E-state index contributed by atoms with van der Waals surface area (Å²) in [5.41, 5.74) is -0.283. The molecule has 0 aliphatic heterocycles. The van der Waals surface area contributed by atoms with Crippen molar-refractivity contribution in [2.24, 2.45) is 0 Å². The highest BCUT2D eigenvalue weighted by Crippen LogP contribution is 2.25. The number of hydrogen-bond donors (Lipinski definition) is 3. The summed E-state index contributed by atoms with van der Waals surface area (Å²) in [6.45, 7) is 1.31. The van der Waals surface area contributed by atoms with E-state index >= 15 is 0 Å². The Kier molecular flexibility index (Phi) is 3.03. The van der Waals surface area contributed by atoms with Crippen LogP contribution in [0.5, 0.6) is 0 Å². The monoisotopic (exact) mass is 182 g/mol. The molecule has 3 N–H and O–H groups in total. The molecule has 0 spiro atoms. The molecule has 0 fully saturated rings. The second-order valence-corrected chi connectivity index (χ2v) is 3.32. The van der Waals surface area contributed by atoms with Crippen LogP contribution in [0.15, 0.2) is 30.3 Å². The lowest BCUT2D eigenvalue weighted by molar-refractivity contribution is -0.108. The van der Waals surface area contributed by atoms with Crippen molar-refractivity contribution in [3.63, 3.8) is 0 Å². The fourth-order valence-electron chi connectivity index (χ4n) is 1.14. The molecule has 1 aromatic rings. The van der Waals surface area contributed by atoms with Crippen LogP contribution in [0.25, 0.3) is 0 Å². The van der Waals surface area contributed by atoms with Gasteiger partial charge in [-0.25, -0.2) is 0 Å². The third-order valence-corrected chi connectivity index (χ3v) is 2.33. The van der Waals surface area contributed by atoms with Crippen molar-refractivity contribution in [3.8, 4) is 0 Å². The van der Waals surface area contributed by atoms with Crippen LogP contribution in [-0.2, 0) is 5.41 Å². The Morgan fingerprint density at radius 2 is 1.77 bits per heavy atom. The topological polar surface area (TPSA) is 60.7 Å².